The normalized spacial score (nSPS) is 16.4. The fraction of sp³-hybridized carbons (Fsp3) is 0.652. The van der Waals surface area contributed by atoms with Gasteiger partial charge in [-0.2, -0.15) is 13.2 Å². The van der Waals surface area contributed by atoms with Crippen LogP contribution in [-0.4, -0.2) is 79.8 Å². The minimum Gasteiger partial charge on any atom is -0.494 e. The van der Waals surface area contributed by atoms with E-state index in [9.17, 15) is 18.0 Å². The summed E-state index contributed by atoms with van der Waals surface area (Å²) in [6, 6.07) is 8.08. The summed E-state index contributed by atoms with van der Waals surface area (Å²) >= 11 is 0. The zero-order valence-corrected chi connectivity index (χ0v) is 19.4. The van der Waals surface area contributed by atoms with Gasteiger partial charge in [-0.1, -0.05) is 31.4 Å². The van der Waals surface area contributed by atoms with E-state index in [1.54, 1.807) is 7.11 Å². The molecule has 1 saturated heterocycles. The summed E-state index contributed by atoms with van der Waals surface area (Å²) in [4.78, 5) is 21.8. The first-order chi connectivity index (χ1) is 16.1. The number of hydrogen-bond donors (Lipinski definition) is 2. The molecule has 0 saturated carbocycles. The molecule has 2 rings (SSSR count). The second-order valence-electron chi connectivity index (χ2n) is 7.78. The average Bonchev–Trinajstić information content (AvgIpc) is 2.80. The topological polar surface area (TPSA) is 106 Å². The Morgan fingerprint density at radius 2 is 1.65 bits per heavy atom. The number of methoxy groups -OCH3 is 1. The minimum atomic E-state index is -5.08. The Hall–Kier alpha value is -2.37. The molecule has 0 amide bonds. The number of carboxylic acids is 2. The SMILES string of the molecule is COCCCCCCCOc1ccc(C2CN(CCC(=O)O)CCO2)cc1.O=C(O)C(F)(F)F. The van der Waals surface area contributed by atoms with Gasteiger partial charge in [0.15, 0.2) is 0 Å². The van der Waals surface area contributed by atoms with Crippen LogP contribution in [0.15, 0.2) is 24.3 Å². The molecule has 1 atom stereocenters. The predicted octanol–water partition coefficient (Wildman–Crippen LogP) is 4.14. The molecule has 1 unspecified atom stereocenters. The Morgan fingerprint density at radius 3 is 2.21 bits per heavy atom. The van der Waals surface area contributed by atoms with Crippen LogP contribution in [-0.2, 0) is 19.1 Å². The lowest BCUT2D eigenvalue weighted by Gasteiger charge is -2.32. The van der Waals surface area contributed by atoms with Crippen LogP contribution in [0.2, 0.25) is 0 Å². The van der Waals surface area contributed by atoms with E-state index >= 15 is 0 Å². The van der Waals surface area contributed by atoms with Crippen molar-refractivity contribution in [3.05, 3.63) is 29.8 Å². The fourth-order valence-electron chi connectivity index (χ4n) is 3.21. The van der Waals surface area contributed by atoms with Gasteiger partial charge in [0, 0.05) is 33.4 Å². The molecule has 0 radical (unpaired) electrons. The molecule has 0 aromatic heterocycles. The van der Waals surface area contributed by atoms with Crippen molar-refractivity contribution >= 4 is 11.9 Å². The van der Waals surface area contributed by atoms with Crippen LogP contribution in [0.5, 0.6) is 5.75 Å². The van der Waals surface area contributed by atoms with Crippen molar-refractivity contribution in [1.29, 1.82) is 0 Å². The first-order valence-corrected chi connectivity index (χ1v) is 11.2. The van der Waals surface area contributed by atoms with Crippen LogP contribution in [0.4, 0.5) is 13.2 Å². The number of rotatable bonds is 13. The second-order valence-corrected chi connectivity index (χ2v) is 7.78. The highest BCUT2D eigenvalue weighted by molar-refractivity contribution is 5.73. The third-order valence-corrected chi connectivity index (χ3v) is 5.05. The van der Waals surface area contributed by atoms with E-state index < -0.39 is 18.1 Å². The molecule has 1 heterocycles. The van der Waals surface area contributed by atoms with Gasteiger partial charge in [-0.05, 0) is 30.5 Å². The predicted molar refractivity (Wildman–Crippen MR) is 118 cm³/mol. The molecule has 194 valence electrons. The van der Waals surface area contributed by atoms with Crippen molar-refractivity contribution in [2.24, 2.45) is 0 Å². The quantitative estimate of drug-likeness (QED) is 0.395. The third-order valence-electron chi connectivity index (χ3n) is 5.05. The molecular formula is C23H34F3NO7. The summed E-state index contributed by atoms with van der Waals surface area (Å²) in [6.07, 6.45) is 0.912. The summed E-state index contributed by atoms with van der Waals surface area (Å²) in [5.74, 6) is -2.63. The van der Waals surface area contributed by atoms with E-state index in [-0.39, 0.29) is 12.5 Å². The zero-order chi connectivity index (χ0) is 25.4. The van der Waals surface area contributed by atoms with Gasteiger partial charge in [-0.3, -0.25) is 9.69 Å². The molecule has 34 heavy (non-hydrogen) atoms. The molecule has 0 bridgehead atoms. The van der Waals surface area contributed by atoms with Crippen molar-refractivity contribution in [3.63, 3.8) is 0 Å². The van der Waals surface area contributed by atoms with Crippen molar-refractivity contribution in [1.82, 2.24) is 4.90 Å². The maximum absolute atomic E-state index is 10.7. The highest BCUT2D eigenvalue weighted by atomic mass is 19.4. The third kappa shape index (κ3) is 13.4. The number of ether oxygens (including phenoxy) is 3. The van der Waals surface area contributed by atoms with Gasteiger partial charge in [0.25, 0.3) is 0 Å². The van der Waals surface area contributed by atoms with Gasteiger partial charge in [-0.25, -0.2) is 4.79 Å². The van der Waals surface area contributed by atoms with Crippen molar-refractivity contribution < 1.29 is 47.2 Å². The summed E-state index contributed by atoms with van der Waals surface area (Å²) in [5.41, 5.74) is 1.11. The van der Waals surface area contributed by atoms with E-state index in [4.69, 9.17) is 29.2 Å². The van der Waals surface area contributed by atoms with Gasteiger partial charge in [0.2, 0.25) is 0 Å². The number of nitrogens with zero attached hydrogens (tertiary/aromatic N) is 1. The van der Waals surface area contributed by atoms with Gasteiger partial charge in [0.05, 0.1) is 25.7 Å². The maximum atomic E-state index is 10.7. The smallest absolute Gasteiger partial charge is 0.490 e. The zero-order valence-electron chi connectivity index (χ0n) is 19.4. The lowest BCUT2D eigenvalue weighted by Crippen LogP contribution is -2.39. The van der Waals surface area contributed by atoms with E-state index in [1.807, 2.05) is 24.3 Å². The number of morpholine rings is 1. The summed E-state index contributed by atoms with van der Waals surface area (Å²) in [7, 11) is 1.75. The molecule has 2 N–H and O–H groups in total. The molecular weight excluding hydrogens is 459 g/mol. The van der Waals surface area contributed by atoms with Crippen molar-refractivity contribution in [2.45, 2.75) is 50.8 Å². The monoisotopic (exact) mass is 493 g/mol. The van der Waals surface area contributed by atoms with Crippen molar-refractivity contribution in [3.8, 4) is 5.75 Å². The number of carbonyl (C=O) groups is 2. The molecule has 11 heteroatoms. The molecule has 1 aromatic carbocycles. The van der Waals surface area contributed by atoms with Gasteiger partial charge < -0.3 is 24.4 Å². The van der Waals surface area contributed by atoms with Crippen LogP contribution in [0, 0.1) is 0 Å². The number of unbranched alkanes of at least 4 members (excludes halogenated alkanes) is 4. The largest absolute Gasteiger partial charge is 0.494 e. The van der Waals surface area contributed by atoms with Crippen LogP contribution >= 0.6 is 0 Å². The van der Waals surface area contributed by atoms with Crippen LogP contribution in [0.1, 0.15) is 50.2 Å². The van der Waals surface area contributed by atoms with Gasteiger partial charge >= 0.3 is 18.1 Å². The first-order valence-electron chi connectivity index (χ1n) is 11.2. The Morgan fingerprint density at radius 1 is 1.06 bits per heavy atom. The van der Waals surface area contributed by atoms with Gasteiger partial charge in [0.1, 0.15) is 5.75 Å². The molecule has 0 spiro atoms. The highest BCUT2D eigenvalue weighted by Gasteiger charge is 2.38. The fourth-order valence-corrected chi connectivity index (χ4v) is 3.21. The number of alkyl halides is 3. The molecule has 1 aliphatic heterocycles. The van der Waals surface area contributed by atoms with Crippen LogP contribution < -0.4 is 4.74 Å². The number of halogens is 3. The van der Waals surface area contributed by atoms with E-state index in [0.29, 0.717) is 13.2 Å². The Kier molecular flexibility index (Phi) is 14.2. The van der Waals surface area contributed by atoms with Crippen LogP contribution in [0.3, 0.4) is 0 Å². The summed E-state index contributed by atoms with van der Waals surface area (Å²) in [5, 5.41) is 16.0. The van der Waals surface area contributed by atoms with E-state index in [2.05, 4.69) is 4.90 Å². The Balaban J connectivity index is 0.000000718. The summed E-state index contributed by atoms with van der Waals surface area (Å²) in [6.45, 7) is 4.32. The molecule has 1 aromatic rings. The number of hydrogen-bond acceptors (Lipinski definition) is 6. The highest BCUT2D eigenvalue weighted by Crippen LogP contribution is 2.24. The second kappa shape index (κ2) is 16.3. The maximum Gasteiger partial charge on any atom is 0.490 e. The van der Waals surface area contributed by atoms with Crippen LogP contribution in [0.25, 0.3) is 0 Å². The lowest BCUT2D eigenvalue weighted by atomic mass is 10.1. The summed E-state index contributed by atoms with van der Waals surface area (Å²) < 4.78 is 48.5. The van der Waals surface area contributed by atoms with Crippen molar-refractivity contribution in [2.75, 3.05) is 46.6 Å². The Labute approximate surface area is 197 Å². The lowest BCUT2D eigenvalue weighted by molar-refractivity contribution is -0.192. The van der Waals surface area contributed by atoms with E-state index in [0.717, 1.165) is 50.5 Å². The molecule has 1 fully saturated rings. The number of aliphatic carboxylic acids is 2. The number of benzene rings is 1. The van der Waals surface area contributed by atoms with E-state index in [1.165, 1.54) is 19.3 Å². The molecule has 1 aliphatic rings. The Bertz CT molecular complexity index is 714. The standard InChI is InChI=1S/C21H33NO5.C2HF3O2/c1-25-14-5-3-2-4-6-15-26-19-9-7-18(8-10-19)20-17-22(13-16-27-20)12-11-21(23)24;3-2(4,5)1(6)7/h7-10,20H,2-6,11-17H2,1H3,(H,23,24);(H,6,7). The first kappa shape index (κ1) is 29.7. The van der Waals surface area contributed by atoms with Gasteiger partial charge in [-0.15, -0.1) is 0 Å². The molecule has 8 nitrogen and oxygen atoms in total. The minimum absolute atomic E-state index is 0.00584. The molecule has 0 aliphatic carbocycles. The number of carboxylic acid groups (broad SMARTS) is 2. The average molecular weight is 494 g/mol.